The van der Waals surface area contributed by atoms with Crippen LogP contribution in [-0.2, 0) is 10.0 Å². The van der Waals surface area contributed by atoms with E-state index in [9.17, 15) is 13.5 Å². The number of aryl methyl sites for hydroxylation is 1. The largest absolute Gasteiger partial charge is 0.395 e. The van der Waals surface area contributed by atoms with Crippen LogP contribution in [0.3, 0.4) is 0 Å². The molecule has 1 N–H and O–H groups in total. The molecule has 0 aliphatic rings. The van der Waals surface area contributed by atoms with E-state index in [1.54, 1.807) is 19.1 Å². The molecule has 1 aromatic rings. The lowest BCUT2D eigenvalue weighted by Gasteiger charge is -2.36. The molecule has 0 bridgehead atoms. The van der Waals surface area contributed by atoms with Crippen molar-refractivity contribution in [2.45, 2.75) is 38.6 Å². The van der Waals surface area contributed by atoms with Crippen LogP contribution in [0.25, 0.3) is 0 Å². The van der Waals surface area contributed by atoms with Crippen LogP contribution in [-0.4, -0.2) is 37.5 Å². The molecule has 0 heterocycles. The van der Waals surface area contributed by atoms with Crippen molar-refractivity contribution >= 4 is 21.6 Å². The average molecular weight is 320 g/mol. The molecule has 20 heavy (non-hydrogen) atoms. The highest BCUT2D eigenvalue weighted by atomic mass is 35.5. The lowest BCUT2D eigenvalue weighted by Crippen LogP contribution is -2.47. The Morgan fingerprint density at radius 1 is 1.35 bits per heavy atom. The number of likely N-dealkylation sites (N-methyl/N-ethyl adjacent to an activating group) is 1. The number of hydrogen-bond acceptors (Lipinski definition) is 3. The SMILES string of the molecule is Cc1cccc(S(=O)(=O)N(C)C(CO)C(C)(C)C)c1Cl. The third kappa shape index (κ3) is 3.34. The van der Waals surface area contributed by atoms with Crippen molar-refractivity contribution in [2.75, 3.05) is 13.7 Å². The summed E-state index contributed by atoms with van der Waals surface area (Å²) in [6, 6.07) is 4.38. The number of hydrogen-bond donors (Lipinski definition) is 1. The predicted octanol–water partition coefficient (Wildman–Crippen LogP) is 2.68. The van der Waals surface area contributed by atoms with E-state index >= 15 is 0 Å². The van der Waals surface area contributed by atoms with Crippen molar-refractivity contribution in [1.29, 1.82) is 0 Å². The Morgan fingerprint density at radius 3 is 2.35 bits per heavy atom. The minimum atomic E-state index is -3.75. The average Bonchev–Trinajstić information content (AvgIpc) is 2.31. The van der Waals surface area contributed by atoms with Gasteiger partial charge < -0.3 is 5.11 Å². The number of aliphatic hydroxyl groups excluding tert-OH is 1. The van der Waals surface area contributed by atoms with Gasteiger partial charge in [-0.2, -0.15) is 4.31 Å². The molecule has 1 aromatic carbocycles. The van der Waals surface area contributed by atoms with E-state index in [4.69, 9.17) is 11.6 Å². The van der Waals surface area contributed by atoms with Crippen LogP contribution in [0.1, 0.15) is 26.3 Å². The standard InChI is InChI=1S/C14H22ClNO3S/c1-10-7-6-8-11(13(10)15)20(18,19)16(5)12(9-17)14(2,3)4/h6-8,12,17H,9H2,1-5H3. The zero-order chi connectivity index (χ0) is 15.7. The van der Waals surface area contributed by atoms with Gasteiger partial charge in [-0.1, -0.05) is 44.5 Å². The topological polar surface area (TPSA) is 57.6 Å². The molecule has 4 nitrogen and oxygen atoms in total. The van der Waals surface area contributed by atoms with Crippen molar-refractivity contribution in [1.82, 2.24) is 4.31 Å². The molecular weight excluding hydrogens is 298 g/mol. The summed E-state index contributed by atoms with van der Waals surface area (Å²) >= 11 is 6.12. The Hall–Kier alpha value is -0.620. The van der Waals surface area contributed by atoms with Crippen molar-refractivity contribution < 1.29 is 13.5 Å². The maximum atomic E-state index is 12.7. The van der Waals surface area contributed by atoms with E-state index in [2.05, 4.69) is 0 Å². The fourth-order valence-electron chi connectivity index (χ4n) is 2.08. The Kier molecular flexibility index (Phi) is 5.24. The first kappa shape index (κ1) is 17.4. The van der Waals surface area contributed by atoms with Crippen LogP contribution in [0.4, 0.5) is 0 Å². The zero-order valence-corrected chi connectivity index (χ0v) is 14.1. The highest BCUT2D eigenvalue weighted by molar-refractivity contribution is 7.89. The minimum Gasteiger partial charge on any atom is -0.395 e. The van der Waals surface area contributed by atoms with Gasteiger partial charge in [0.25, 0.3) is 0 Å². The summed E-state index contributed by atoms with van der Waals surface area (Å²) in [6.45, 7) is 7.17. The quantitative estimate of drug-likeness (QED) is 0.928. The van der Waals surface area contributed by atoms with Crippen LogP contribution < -0.4 is 0 Å². The number of halogens is 1. The third-order valence-corrected chi connectivity index (χ3v) is 5.95. The molecular formula is C14H22ClNO3S. The van der Waals surface area contributed by atoms with Gasteiger partial charge in [-0.3, -0.25) is 0 Å². The van der Waals surface area contributed by atoms with Gasteiger partial charge in [0.15, 0.2) is 0 Å². The Morgan fingerprint density at radius 2 is 1.90 bits per heavy atom. The number of aliphatic hydroxyl groups is 1. The molecule has 0 radical (unpaired) electrons. The second kappa shape index (κ2) is 6.02. The van der Waals surface area contributed by atoms with Crippen molar-refractivity contribution in [3.63, 3.8) is 0 Å². The predicted molar refractivity (Wildman–Crippen MR) is 81.5 cm³/mol. The van der Waals surface area contributed by atoms with Crippen molar-refractivity contribution in [3.8, 4) is 0 Å². The first-order chi connectivity index (χ1) is 9.03. The lowest BCUT2D eigenvalue weighted by atomic mass is 9.87. The molecule has 0 saturated heterocycles. The molecule has 0 aromatic heterocycles. The van der Waals surface area contributed by atoms with Crippen LogP contribution in [0.15, 0.2) is 23.1 Å². The minimum absolute atomic E-state index is 0.0735. The molecule has 1 atom stereocenters. The second-order valence-electron chi connectivity index (χ2n) is 5.97. The lowest BCUT2D eigenvalue weighted by molar-refractivity contribution is 0.115. The maximum Gasteiger partial charge on any atom is 0.244 e. The molecule has 0 amide bonds. The van der Waals surface area contributed by atoms with Gasteiger partial charge >= 0.3 is 0 Å². The molecule has 1 unspecified atom stereocenters. The summed E-state index contributed by atoms with van der Waals surface area (Å²) in [7, 11) is -2.27. The molecule has 1 rings (SSSR count). The molecule has 0 fully saturated rings. The van der Waals surface area contributed by atoms with Gasteiger partial charge in [0, 0.05) is 7.05 Å². The van der Waals surface area contributed by atoms with E-state index in [0.29, 0.717) is 5.56 Å². The third-order valence-electron chi connectivity index (χ3n) is 3.42. The van der Waals surface area contributed by atoms with E-state index in [1.807, 2.05) is 20.8 Å². The highest BCUT2D eigenvalue weighted by Gasteiger charge is 2.36. The molecule has 0 aliphatic carbocycles. The van der Waals surface area contributed by atoms with Crippen LogP contribution in [0, 0.1) is 12.3 Å². The van der Waals surface area contributed by atoms with Crippen molar-refractivity contribution in [3.05, 3.63) is 28.8 Å². The van der Waals surface area contributed by atoms with Crippen LogP contribution in [0.2, 0.25) is 5.02 Å². The van der Waals surface area contributed by atoms with Gasteiger partial charge in [-0.15, -0.1) is 0 Å². The molecule has 114 valence electrons. The molecule has 6 heteroatoms. The van der Waals surface area contributed by atoms with Crippen molar-refractivity contribution in [2.24, 2.45) is 5.41 Å². The van der Waals surface area contributed by atoms with Crippen LogP contribution in [0.5, 0.6) is 0 Å². The van der Waals surface area contributed by atoms with Gasteiger partial charge in [0.2, 0.25) is 10.0 Å². The van der Waals surface area contributed by atoms with Gasteiger partial charge in [0.1, 0.15) is 4.90 Å². The highest BCUT2D eigenvalue weighted by Crippen LogP contribution is 2.31. The van der Waals surface area contributed by atoms with E-state index in [1.165, 1.54) is 17.4 Å². The summed E-state index contributed by atoms with van der Waals surface area (Å²) in [5, 5.41) is 9.75. The summed E-state index contributed by atoms with van der Waals surface area (Å²) in [4.78, 5) is 0.0735. The molecule has 0 spiro atoms. The van der Waals surface area contributed by atoms with E-state index in [-0.39, 0.29) is 21.9 Å². The van der Waals surface area contributed by atoms with Gasteiger partial charge in [-0.05, 0) is 24.0 Å². The second-order valence-corrected chi connectivity index (χ2v) is 8.32. The maximum absolute atomic E-state index is 12.7. The number of sulfonamides is 1. The number of benzene rings is 1. The first-order valence-electron chi connectivity index (χ1n) is 6.37. The fraction of sp³-hybridized carbons (Fsp3) is 0.571. The van der Waals surface area contributed by atoms with Crippen LogP contribution >= 0.6 is 11.6 Å². The molecule has 0 aliphatic heterocycles. The first-order valence-corrected chi connectivity index (χ1v) is 8.19. The number of rotatable bonds is 4. The Balaban J connectivity index is 3.33. The van der Waals surface area contributed by atoms with E-state index < -0.39 is 16.1 Å². The van der Waals surface area contributed by atoms with E-state index in [0.717, 1.165) is 0 Å². The summed E-state index contributed by atoms with van der Waals surface area (Å²) in [5.41, 5.74) is 0.324. The Bertz CT molecular complexity index is 579. The Labute approximate surface area is 126 Å². The van der Waals surface area contributed by atoms with Gasteiger partial charge in [-0.25, -0.2) is 8.42 Å². The smallest absolute Gasteiger partial charge is 0.244 e. The zero-order valence-electron chi connectivity index (χ0n) is 12.5. The van der Waals surface area contributed by atoms with Gasteiger partial charge in [0.05, 0.1) is 17.7 Å². The fourth-order valence-corrected chi connectivity index (χ4v) is 4.16. The monoisotopic (exact) mass is 319 g/mol. The summed E-state index contributed by atoms with van der Waals surface area (Å²) in [5.74, 6) is 0. The summed E-state index contributed by atoms with van der Waals surface area (Å²) in [6.07, 6.45) is 0. The number of nitrogens with zero attached hydrogens (tertiary/aromatic N) is 1. The molecule has 0 saturated carbocycles. The summed E-state index contributed by atoms with van der Waals surface area (Å²) < 4.78 is 26.6. The normalized spacial score (nSPS) is 14.6.